The quantitative estimate of drug-likeness (QED) is 0.887. The van der Waals surface area contributed by atoms with Gasteiger partial charge in [0.15, 0.2) is 5.82 Å². The number of nitrogen functional groups attached to an aromatic ring is 1. The summed E-state index contributed by atoms with van der Waals surface area (Å²) >= 11 is 0. The summed E-state index contributed by atoms with van der Waals surface area (Å²) in [6, 6.07) is 3.63. The van der Waals surface area contributed by atoms with Gasteiger partial charge >= 0.3 is 0 Å². The van der Waals surface area contributed by atoms with Crippen LogP contribution < -0.4 is 11.1 Å². The molecule has 2 rings (SSSR count). The standard InChI is InChI=1S/C14H16F2N4O/c1-3-21-7-14-19-12(17)6-13(20-14)18-11-5-9(15)8(2)4-10(11)16/h4-6H,3,7H2,1-2H3,(H3,17,18,19,20). The Hall–Kier alpha value is -2.28. The van der Waals surface area contributed by atoms with E-state index >= 15 is 0 Å². The maximum Gasteiger partial charge on any atom is 0.158 e. The molecule has 21 heavy (non-hydrogen) atoms. The summed E-state index contributed by atoms with van der Waals surface area (Å²) in [5.74, 6) is -0.213. The van der Waals surface area contributed by atoms with Gasteiger partial charge in [-0.25, -0.2) is 18.7 Å². The van der Waals surface area contributed by atoms with E-state index in [2.05, 4.69) is 15.3 Å². The Balaban J connectivity index is 2.27. The van der Waals surface area contributed by atoms with Crippen molar-refractivity contribution in [1.29, 1.82) is 0 Å². The van der Waals surface area contributed by atoms with Crippen LogP contribution in [-0.4, -0.2) is 16.6 Å². The summed E-state index contributed by atoms with van der Waals surface area (Å²) in [6.45, 7) is 4.04. The van der Waals surface area contributed by atoms with Crippen LogP contribution in [0.4, 0.5) is 26.1 Å². The minimum Gasteiger partial charge on any atom is -0.384 e. The molecule has 0 radical (unpaired) electrons. The highest BCUT2D eigenvalue weighted by molar-refractivity contribution is 5.59. The Morgan fingerprint density at radius 2 is 1.95 bits per heavy atom. The molecule has 1 aromatic heterocycles. The number of nitrogens with two attached hydrogens (primary N) is 1. The normalized spacial score (nSPS) is 10.7. The van der Waals surface area contributed by atoms with Gasteiger partial charge < -0.3 is 15.8 Å². The van der Waals surface area contributed by atoms with E-state index < -0.39 is 11.6 Å². The zero-order valence-electron chi connectivity index (χ0n) is 11.8. The van der Waals surface area contributed by atoms with Crippen molar-refractivity contribution in [3.63, 3.8) is 0 Å². The lowest BCUT2D eigenvalue weighted by atomic mass is 10.2. The van der Waals surface area contributed by atoms with Crippen LogP contribution in [0.3, 0.4) is 0 Å². The van der Waals surface area contributed by atoms with Crippen LogP contribution in [0.15, 0.2) is 18.2 Å². The van der Waals surface area contributed by atoms with E-state index in [1.165, 1.54) is 13.0 Å². The third-order valence-corrected chi connectivity index (χ3v) is 2.74. The predicted octanol–water partition coefficient (Wildman–Crippen LogP) is 2.93. The maximum atomic E-state index is 13.8. The molecule has 2 aromatic rings. The average molecular weight is 294 g/mol. The summed E-state index contributed by atoms with van der Waals surface area (Å²) in [4.78, 5) is 8.14. The van der Waals surface area contributed by atoms with Gasteiger partial charge in [-0.2, -0.15) is 0 Å². The molecule has 7 heteroatoms. The molecule has 0 aliphatic rings. The fourth-order valence-corrected chi connectivity index (χ4v) is 1.72. The monoisotopic (exact) mass is 294 g/mol. The second-order valence-electron chi connectivity index (χ2n) is 4.44. The molecule has 5 nitrogen and oxygen atoms in total. The number of halogens is 2. The molecule has 0 aliphatic heterocycles. The van der Waals surface area contributed by atoms with E-state index in [9.17, 15) is 8.78 Å². The first-order valence-electron chi connectivity index (χ1n) is 6.43. The fraction of sp³-hybridized carbons (Fsp3) is 0.286. The van der Waals surface area contributed by atoms with Crippen LogP contribution in [0.25, 0.3) is 0 Å². The molecule has 0 bridgehead atoms. The van der Waals surface area contributed by atoms with Crippen molar-refractivity contribution in [3.8, 4) is 0 Å². The van der Waals surface area contributed by atoms with Gasteiger partial charge in [-0.1, -0.05) is 0 Å². The molecule has 0 saturated carbocycles. The molecule has 0 aliphatic carbocycles. The topological polar surface area (TPSA) is 73.1 Å². The summed E-state index contributed by atoms with van der Waals surface area (Å²) in [6.07, 6.45) is 0. The van der Waals surface area contributed by atoms with E-state index in [0.29, 0.717) is 12.4 Å². The predicted molar refractivity (Wildman–Crippen MR) is 76.2 cm³/mol. The lowest BCUT2D eigenvalue weighted by Crippen LogP contribution is -2.06. The van der Waals surface area contributed by atoms with Crippen LogP contribution in [0.1, 0.15) is 18.3 Å². The van der Waals surface area contributed by atoms with E-state index in [1.54, 1.807) is 0 Å². The van der Waals surface area contributed by atoms with Gasteiger partial charge in [0.1, 0.15) is 29.9 Å². The minimum absolute atomic E-state index is 0.0152. The second-order valence-corrected chi connectivity index (χ2v) is 4.44. The van der Waals surface area contributed by atoms with E-state index in [1.807, 2.05) is 6.92 Å². The first-order chi connectivity index (χ1) is 9.99. The molecule has 0 spiro atoms. The van der Waals surface area contributed by atoms with Gasteiger partial charge in [-0.05, 0) is 25.5 Å². The molecule has 3 N–H and O–H groups in total. The van der Waals surface area contributed by atoms with Gasteiger partial charge in [0.25, 0.3) is 0 Å². The number of anilines is 3. The molecular formula is C14H16F2N4O. The smallest absolute Gasteiger partial charge is 0.158 e. The molecule has 0 atom stereocenters. The number of aromatic nitrogens is 2. The molecule has 0 fully saturated rings. The lowest BCUT2D eigenvalue weighted by molar-refractivity contribution is 0.128. The van der Waals surface area contributed by atoms with Crippen molar-refractivity contribution >= 4 is 17.3 Å². The van der Waals surface area contributed by atoms with Crippen molar-refractivity contribution in [2.45, 2.75) is 20.5 Å². The summed E-state index contributed by atoms with van der Waals surface area (Å²) in [5.41, 5.74) is 5.88. The fourth-order valence-electron chi connectivity index (χ4n) is 1.72. The number of ether oxygens (including phenoxy) is 1. The summed E-state index contributed by atoms with van der Waals surface area (Å²) in [7, 11) is 0. The zero-order chi connectivity index (χ0) is 15.4. The molecule has 1 heterocycles. The zero-order valence-corrected chi connectivity index (χ0v) is 11.8. The van der Waals surface area contributed by atoms with Crippen molar-refractivity contribution < 1.29 is 13.5 Å². The molecule has 0 unspecified atom stereocenters. The van der Waals surface area contributed by atoms with Gasteiger partial charge in [0.2, 0.25) is 0 Å². The number of nitrogens with zero attached hydrogens (tertiary/aromatic N) is 2. The van der Waals surface area contributed by atoms with E-state index in [0.717, 1.165) is 12.1 Å². The molecule has 112 valence electrons. The van der Waals surface area contributed by atoms with Crippen molar-refractivity contribution in [1.82, 2.24) is 9.97 Å². The van der Waals surface area contributed by atoms with Crippen LogP contribution in [0.5, 0.6) is 0 Å². The molecule has 0 amide bonds. The SMILES string of the molecule is CCOCc1nc(N)cc(Nc2cc(F)c(C)cc2F)n1. The number of rotatable bonds is 5. The Labute approximate surface area is 121 Å². The van der Waals surface area contributed by atoms with Crippen molar-refractivity contribution in [3.05, 3.63) is 41.2 Å². The minimum atomic E-state index is -0.572. The van der Waals surface area contributed by atoms with Crippen LogP contribution in [0, 0.1) is 18.6 Å². The maximum absolute atomic E-state index is 13.8. The first-order valence-corrected chi connectivity index (χ1v) is 6.43. The lowest BCUT2D eigenvalue weighted by Gasteiger charge is -2.10. The first kappa shape index (κ1) is 15.1. The Morgan fingerprint density at radius 1 is 1.19 bits per heavy atom. The van der Waals surface area contributed by atoms with Gasteiger partial charge in [-0.15, -0.1) is 0 Å². The van der Waals surface area contributed by atoms with Crippen LogP contribution in [-0.2, 0) is 11.3 Å². The third kappa shape index (κ3) is 3.85. The second kappa shape index (κ2) is 6.45. The Bertz CT molecular complexity index is 649. The van der Waals surface area contributed by atoms with Gasteiger partial charge in [0, 0.05) is 18.7 Å². The van der Waals surface area contributed by atoms with E-state index in [-0.39, 0.29) is 29.5 Å². The summed E-state index contributed by atoms with van der Waals surface area (Å²) in [5, 5.41) is 2.70. The Morgan fingerprint density at radius 3 is 2.67 bits per heavy atom. The van der Waals surface area contributed by atoms with Crippen LogP contribution in [0.2, 0.25) is 0 Å². The highest BCUT2D eigenvalue weighted by Gasteiger charge is 2.09. The Kier molecular flexibility index (Phi) is 4.64. The number of hydrogen-bond donors (Lipinski definition) is 2. The van der Waals surface area contributed by atoms with Crippen molar-refractivity contribution in [2.24, 2.45) is 0 Å². The average Bonchev–Trinajstić information content (AvgIpc) is 2.42. The highest BCUT2D eigenvalue weighted by Crippen LogP contribution is 2.22. The molecular weight excluding hydrogens is 278 g/mol. The van der Waals surface area contributed by atoms with Gasteiger partial charge in [0.05, 0.1) is 5.69 Å². The number of benzene rings is 1. The van der Waals surface area contributed by atoms with Crippen LogP contribution >= 0.6 is 0 Å². The number of nitrogens with one attached hydrogen (secondary N) is 1. The molecule has 1 aromatic carbocycles. The van der Waals surface area contributed by atoms with Gasteiger partial charge in [-0.3, -0.25) is 0 Å². The van der Waals surface area contributed by atoms with E-state index in [4.69, 9.17) is 10.5 Å². The molecule has 0 saturated heterocycles. The number of hydrogen-bond acceptors (Lipinski definition) is 5. The summed E-state index contributed by atoms with van der Waals surface area (Å²) < 4.78 is 32.5. The third-order valence-electron chi connectivity index (χ3n) is 2.74. The largest absolute Gasteiger partial charge is 0.384 e. The van der Waals surface area contributed by atoms with Crippen molar-refractivity contribution in [2.75, 3.05) is 17.7 Å². The highest BCUT2D eigenvalue weighted by atomic mass is 19.1. The number of aryl methyl sites for hydroxylation is 1.